The van der Waals surface area contributed by atoms with Crippen LogP contribution in [0, 0.1) is 52.3 Å². The Labute approximate surface area is 301 Å². The number of phosphoric acid groups is 1. The third-order valence-corrected chi connectivity index (χ3v) is 14.9. The van der Waals surface area contributed by atoms with Gasteiger partial charge in [-0.1, -0.05) is 53.9 Å². The van der Waals surface area contributed by atoms with E-state index in [4.69, 9.17) is 22.7 Å². The van der Waals surface area contributed by atoms with Gasteiger partial charge >= 0.3 is 24.2 Å². The monoisotopic (exact) mass is 770 g/mol. The molecule has 17 unspecified atom stereocenters. The smallest absolute Gasteiger partial charge is 0.462 e. The van der Waals surface area contributed by atoms with E-state index in [1.165, 1.54) is 6.92 Å². The second-order valence-electron chi connectivity index (χ2n) is 17.0. The minimum absolute atomic E-state index is 0.0322. The van der Waals surface area contributed by atoms with Gasteiger partial charge in [0.1, 0.15) is 24.4 Å². The molecule has 15 nitrogen and oxygen atoms in total. The van der Waals surface area contributed by atoms with Gasteiger partial charge in [-0.2, -0.15) is 8.42 Å². The van der Waals surface area contributed by atoms with Crippen LogP contribution in [0.5, 0.6) is 0 Å². The number of aliphatic hydroxyl groups excluding tert-OH is 4. The lowest BCUT2D eigenvalue weighted by atomic mass is 9.43. The molecule has 0 radical (unpaired) electrons. The third kappa shape index (κ3) is 8.73. The lowest BCUT2D eigenvalue weighted by molar-refractivity contribution is -0.324. The Kier molecular flexibility index (Phi) is 12.5. The first-order valence-corrected chi connectivity index (χ1v) is 21.3. The van der Waals surface area contributed by atoms with Crippen molar-refractivity contribution in [2.24, 2.45) is 52.3 Å². The van der Waals surface area contributed by atoms with E-state index in [2.05, 4.69) is 34.6 Å². The first-order chi connectivity index (χ1) is 23.6. The van der Waals surface area contributed by atoms with Gasteiger partial charge in [0.15, 0.2) is 6.29 Å². The average molecular weight is 771 g/mol. The minimum atomic E-state index is -5.13. The van der Waals surface area contributed by atoms with Crippen molar-refractivity contribution in [3.63, 3.8) is 0 Å². The van der Waals surface area contributed by atoms with Gasteiger partial charge in [0, 0.05) is 12.8 Å². The molecule has 0 aromatic rings. The highest BCUT2D eigenvalue weighted by Gasteiger charge is 2.66. The van der Waals surface area contributed by atoms with Crippen LogP contribution in [0.25, 0.3) is 0 Å². The fraction of sp³-hybridized carbons (Fsp3) is 0.971. The topological polar surface area (TPSA) is 236 Å². The van der Waals surface area contributed by atoms with Crippen molar-refractivity contribution < 1.29 is 70.4 Å². The predicted octanol–water partition coefficient (Wildman–Crippen LogP) is 3.71. The van der Waals surface area contributed by atoms with Crippen LogP contribution in [-0.2, 0) is 42.5 Å². The van der Waals surface area contributed by atoms with Gasteiger partial charge in [-0.15, -0.1) is 0 Å². The van der Waals surface area contributed by atoms with Crippen molar-refractivity contribution in [1.82, 2.24) is 0 Å². The van der Waals surface area contributed by atoms with Crippen LogP contribution in [-0.4, -0.2) is 93.5 Å². The van der Waals surface area contributed by atoms with Gasteiger partial charge in [-0.05, 0) is 91.3 Å². The van der Waals surface area contributed by atoms with Crippen LogP contribution in [0.4, 0.5) is 0 Å². The number of fused-ring (bicyclic) bond motifs is 5. The normalized spacial score (nSPS) is 46.0. The van der Waals surface area contributed by atoms with Crippen LogP contribution >= 0.6 is 7.82 Å². The van der Waals surface area contributed by atoms with E-state index in [0.29, 0.717) is 25.2 Å². The maximum absolute atomic E-state index is 13.7. The van der Waals surface area contributed by atoms with Gasteiger partial charge in [0.2, 0.25) is 6.29 Å². The molecular formula is C34H59O15PS. The summed E-state index contributed by atoms with van der Waals surface area (Å²) in [6, 6.07) is 0. The Morgan fingerprint density at radius 1 is 0.882 bits per heavy atom. The van der Waals surface area contributed by atoms with Gasteiger partial charge < -0.3 is 34.8 Å². The minimum Gasteiger partial charge on any atom is -0.462 e. The predicted molar refractivity (Wildman–Crippen MR) is 180 cm³/mol. The van der Waals surface area contributed by atoms with Crippen molar-refractivity contribution >= 4 is 24.2 Å². The molecule has 296 valence electrons. The lowest BCUT2D eigenvalue weighted by Gasteiger charge is -2.62. The molecule has 0 amide bonds. The number of hydrogen-bond donors (Lipinski definition) is 6. The SMILES string of the molecule is CC(=O)OC1CC2C3CC(OP(=O)(O)OC4OC(O)C(O)C(O)C4O)C4CC(OS(=O)(=O)O)CCC4(C)C3CCC2(C)C1C(C)CCCC(C)C. The van der Waals surface area contributed by atoms with Crippen molar-refractivity contribution in [2.45, 2.75) is 155 Å². The fourth-order valence-corrected chi connectivity index (χ4v) is 12.8. The summed E-state index contributed by atoms with van der Waals surface area (Å²) in [5.41, 5.74) is -0.715. The van der Waals surface area contributed by atoms with E-state index in [9.17, 15) is 47.6 Å². The molecule has 1 saturated heterocycles. The molecule has 4 saturated carbocycles. The van der Waals surface area contributed by atoms with E-state index in [-0.39, 0.29) is 59.9 Å². The van der Waals surface area contributed by atoms with Crippen LogP contribution in [0.3, 0.4) is 0 Å². The van der Waals surface area contributed by atoms with E-state index < -0.39 is 72.7 Å². The van der Waals surface area contributed by atoms with Crippen LogP contribution < -0.4 is 0 Å². The van der Waals surface area contributed by atoms with Crippen molar-refractivity contribution in [2.75, 3.05) is 0 Å². The lowest BCUT2D eigenvalue weighted by Crippen LogP contribution is -2.59. The van der Waals surface area contributed by atoms with Crippen LogP contribution in [0.2, 0.25) is 0 Å². The van der Waals surface area contributed by atoms with Crippen molar-refractivity contribution in [3.8, 4) is 0 Å². The van der Waals surface area contributed by atoms with Gasteiger partial charge in [-0.25, -0.2) is 8.75 Å². The molecule has 0 spiro atoms. The molecule has 0 aromatic carbocycles. The summed E-state index contributed by atoms with van der Waals surface area (Å²) in [5, 5.41) is 40.3. The first-order valence-electron chi connectivity index (χ1n) is 18.5. The molecule has 6 N–H and O–H groups in total. The van der Waals surface area contributed by atoms with E-state index >= 15 is 0 Å². The van der Waals surface area contributed by atoms with Gasteiger partial charge in [0.25, 0.3) is 0 Å². The second kappa shape index (κ2) is 15.4. The number of phosphoric ester groups is 1. The molecule has 51 heavy (non-hydrogen) atoms. The Balaban J connectivity index is 1.46. The maximum Gasteiger partial charge on any atom is 0.474 e. The zero-order valence-corrected chi connectivity index (χ0v) is 32.2. The fourth-order valence-electron chi connectivity index (χ4n) is 11.3. The van der Waals surface area contributed by atoms with Crippen molar-refractivity contribution in [1.29, 1.82) is 0 Å². The third-order valence-electron chi connectivity index (χ3n) is 13.4. The largest absolute Gasteiger partial charge is 0.474 e. The molecule has 5 fully saturated rings. The second-order valence-corrected chi connectivity index (χ2v) is 19.4. The molecule has 4 aliphatic carbocycles. The molecule has 1 aliphatic heterocycles. The van der Waals surface area contributed by atoms with Crippen molar-refractivity contribution in [3.05, 3.63) is 0 Å². The molecule has 0 bridgehead atoms. The highest BCUT2D eigenvalue weighted by atomic mass is 32.3. The number of carbonyl (C=O) groups excluding carboxylic acids is 1. The Bertz CT molecular complexity index is 1400. The summed E-state index contributed by atoms with van der Waals surface area (Å²) in [5.74, 6) is 0.279. The zero-order chi connectivity index (χ0) is 37.8. The molecule has 17 atom stereocenters. The highest BCUT2D eigenvalue weighted by Crippen LogP contribution is 2.70. The molecule has 0 aromatic heterocycles. The first kappa shape index (κ1) is 41.4. The number of aliphatic hydroxyl groups is 4. The Morgan fingerprint density at radius 2 is 1.55 bits per heavy atom. The Hall–Kier alpha value is -0.750. The number of hydrogen-bond acceptors (Lipinski definition) is 13. The zero-order valence-electron chi connectivity index (χ0n) is 30.4. The summed E-state index contributed by atoms with van der Waals surface area (Å²) in [6.07, 6.45) is -5.31. The standard InChI is InChI=1S/C34H59O15PS/c1-17(2)8-7-9-18(3)27-26(45-19(4)35)16-23-21-15-25(47-50(40,41)48-32-30(38)28(36)29(37)31(39)46-32)24-14-20(49-51(42,43)44)10-12-33(24,5)22(21)11-13-34(23,27)6/h17-18,20-32,36-39H,7-16H2,1-6H3,(H,40,41)(H,42,43,44). The van der Waals surface area contributed by atoms with Gasteiger partial charge in [-0.3, -0.25) is 18.4 Å². The Morgan fingerprint density at radius 3 is 2.18 bits per heavy atom. The summed E-state index contributed by atoms with van der Waals surface area (Å²) in [4.78, 5) is 23.5. The van der Waals surface area contributed by atoms with E-state index in [1.54, 1.807) is 0 Å². The highest BCUT2D eigenvalue weighted by molar-refractivity contribution is 7.80. The average Bonchev–Trinajstić information content (AvgIpc) is 3.29. The molecular weight excluding hydrogens is 711 g/mol. The van der Waals surface area contributed by atoms with Crippen LogP contribution in [0.15, 0.2) is 0 Å². The van der Waals surface area contributed by atoms with E-state index in [0.717, 1.165) is 32.1 Å². The molecule has 5 rings (SSSR count). The number of rotatable bonds is 12. The molecule has 17 heteroatoms. The number of carbonyl (C=O) groups is 1. The number of ether oxygens (including phenoxy) is 2. The molecule has 5 aliphatic rings. The number of esters is 1. The summed E-state index contributed by atoms with van der Waals surface area (Å²) in [6.45, 7) is 12.5. The summed E-state index contributed by atoms with van der Waals surface area (Å²) < 4.78 is 73.8. The maximum atomic E-state index is 13.7. The van der Waals surface area contributed by atoms with Gasteiger partial charge in [0.05, 0.1) is 12.2 Å². The van der Waals surface area contributed by atoms with E-state index in [1.807, 2.05) is 0 Å². The quantitative estimate of drug-likeness (QED) is 0.0943. The van der Waals surface area contributed by atoms with Crippen LogP contribution in [0.1, 0.15) is 106 Å². The molecule has 1 heterocycles. The summed E-state index contributed by atoms with van der Waals surface area (Å²) >= 11 is 0. The summed E-state index contributed by atoms with van der Waals surface area (Å²) in [7, 11) is -9.91.